The molecule has 5 nitrogen and oxygen atoms in total. The largest absolute Gasteiger partial charge is 0.464 e. The van der Waals surface area contributed by atoms with E-state index >= 15 is 0 Å². The van der Waals surface area contributed by atoms with Gasteiger partial charge in [0.2, 0.25) is 0 Å². The molecule has 0 aromatic carbocycles. The van der Waals surface area contributed by atoms with Crippen LogP contribution in [0.25, 0.3) is 5.65 Å². The number of fused-ring (bicyclic) bond motifs is 1. The van der Waals surface area contributed by atoms with Crippen molar-refractivity contribution in [2.75, 3.05) is 20.3 Å². The Morgan fingerprint density at radius 1 is 1.56 bits per heavy atom. The zero-order valence-corrected chi connectivity index (χ0v) is 10.1. The number of nitrogens with zero attached hydrogens (tertiary/aromatic N) is 2. The summed E-state index contributed by atoms with van der Waals surface area (Å²) >= 11 is 0. The molecule has 0 amide bonds. The van der Waals surface area contributed by atoms with Gasteiger partial charge >= 0.3 is 5.97 Å². The predicted octanol–water partition coefficient (Wildman–Crippen LogP) is 1.62. The van der Waals surface area contributed by atoms with Gasteiger partial charge in [0.1, 0.15) is 11.3 Å². The van der Waals surface area contributed by atoms with Crippen molar-refractivity contribution in [2.45, 2.75) is 12.3 Å². The highest BCUT2D eigenvalue weighted by Crippen LogP contribution is 2.25. The Balaban J connectivity index is 2.08. The molecule has 1 aliphatic heterocycles. The maximum absolute atomic E-state index is 11.7. The fourth-order valence-corrected chi connectivity index (χ4v) is 2.26. The van der Waals surface area contributed by atoms with Gasteiger partial charge in [0.15, 0.2) is 0 Å². The van der Waals surface area contributed by atoms with Crippen LogP contribution in [0.15, 0.2) is 24.4 Å². The van der Waals surface area contributed by atoms with Gasteiger partial charge < -0.3 is 9.47 Å². The van der Waals surface area contributed by atoms with Gasteiger partial charge in [-0.25, -0.2) is 9.78 Å². The van der Waals surface area contributed by atoms with E-state index in [1.54, 1.807) is 10.5 Å². The molecule has 0 saturated carbocycles. The number of rotatable bonds is 2. The van der Waals surface area contributed by atoms with E-state index in [0.29, 0.717) is 18.2 Å². The average Bonchev–Trinajstić information content (AvgIpc) is 3.04. The summed E-state index contributed by atoms with van der Waals surface area (Å²) in [5, 5.41) is 0. The first-order valence-corrected chi connectivity index (χ1v) is 5.93. The molecule has 0 radical (unpaired) electrons. The zero-order chi connectivity index (χ0) is 12.5. The Bertz CT molecular complexity index is 585. The first kappa shape index (κ1) is 11.2. The third-order valence-corrected chi connectivity index (χ3v) is 3.25. The number of pyridine rings is 1. The number of methoxy groups -OCH3 is 1. The molecule has 2 aromatic heterocycles. The highest BCUT2D eigenvalue weighted by Gasteiger charge is 2.21. The van der Waals surface area contributed by atoms with Crippen LogP contribution in [-0.4, -0.2) is 35.7 Å². The number of hydrogen-bond donors (Lipinski definition) is 0. The predicted molar refractivity (Wildman–Crippen MR) is 64.7 cm³/mol. The van der Waals surface area contributed by atoms with Crippen LogP contribution in [-0.2, 0) is 9.47 Å². The van der Waals surface area contributed by atoms with Crippen LogP contribution < -0.4 is 0 Å². The number of carbonyl (C=O) groups is 1. The molecule has 94 valence electrons. The molecule has 0 bridgehead atoms. The van der Waals surface area contributed by atoms with Crippen molar-refractivity contribution in [2.24, 2.45) is 0 Å². The summed E-state index contributed by atoms with van der Waals surface area (Å²) in [5.41, 5.74) is 2.23. The van der Waals surface area contributed by atoms with E-state index < -0.39 is 0 Å². The highest BCUT2D eigenvalue weighted by molar-refractivity contribution is 5.88. The van der Waals surface area contributed by atoms with Crippen LogP contribution in [0, 0.1) is 0 Å². The summed E-state index contributed by atoms with van der Waals surface area (Å²) in [6.07, 6.45) is 2.89. The zero-order valence-electron chi connectivity index (χ0n) is 10.1. The summed E-state index contributed by atoms with van der Waals surface area (Å²) in [6, 6.07) is 5.42. The van der Waals surface area contributed by atoms with E-state index in [0.717, 1.165) is 24.4 Å². The molecule has 18 heavy (non-hydrogen) atoms. The van der Waals surface area contributed by atoms with Gasteiger partial charge in [-0.3, -0.25) is 4.40 Å². The molecule has 1 saturated heterocycles. The van der Waals surface area contributed by atoms with Gasteiger partial charge in [0.25, 0.3) is 0 Å². The molecule has 5 heteroatoms. The molecule has 3 heterocycles. The second-order valence-corrected chi connectivity index (χ2v) is 4.36. The van der Waals surface area contributed by atoms with E-state index in [1.165, 1.54) is 7.11 Å². The molecule has 1 unspecified atom stereocenters. The van der Waals surface area contributed by atoms with Crippen molar-refractivity contribution in [3.8, 4) is 0 Å². The van der Waals surface area contributed by atoms with Crippen molar-refractivity contribution in [1.29, 1.82) is 0 Å². The van der Waals surface area contributed by atoms with Gasteiger partial charge in [-0.05, 0) is 18.6 Å². The quantitative estimate of drug-likeness (QED) is 0.756. The van der Waals surface area contributed by atoms with Crippen molar-refractivity contribution in [3.63, 3.8) is 0 Å². The molecule has 0 aliphatic carbocycles. The smallest absolute Gasteiger partial charge is 0.355 e. The summed E-state index contributed by atoms with van der Waals surface area (Å²) in [6.45, 7) is 1.49. The summed E-state index contributed by atoms with van der Waals surface area (Å²) in [7, 11) is 1.38. The maximum Gasteiger partial charge on any atom is 0.355 e. The molecule has 1 aliphatic rings. The van der Waals surface area contributed by atoms with Crippen LogP contribution in [0.2, 0.25) is 0 Å². The second-order valence-electron chi connectivity index (χ2n) is 4.36. The first-order valence-electron chi connectivity index (χ1n) is 5.93. The maximum atomic E-state index is 11.7. The molecule has 1 fully saturated rings. The Morgan fingerprint density at radius 2 is 2.44 bits per heavy atom. The SMILES string of the molecule is COC(=O)c1cccc2nc(C3CCOC3)cn12. The lowest BCUT2D eigenvalue weighted by atomic mass is 10.1. The lowest BCUT2D eigenvalue weighted by Gasteiger charge is -2.02. The van der Waals surface area contributed by atoms with Crippen molar-refractivity contribution in [1.82, 2.24) is 9.38 Å². The highest BCUT2D eigenvalue weighted by atomic mass is 16.5. The van der Waals surface area contributed by atoms with E-state index in [1.807, 2.05) is 18.3 Å². The lowest BCUT2D eigenvalue weighted by molar-refractivity contribution is 0.0592. The molecule has 0 N–H and O–H groups in total. The Kier molecular flexibility index (Phi) is 2.76. The van der Waals surface area contributed by atoms with E-state index in [2.05, 4.69) is 4.98 Å². The summed E-state index contributed by atoms with van der Waals surface area (Å²) in [5.74, 6) is -0.0254. The minimum Gasteiger partial charge on any atom is -0.464 e. The van der Waals surface area contributed by atoms with Crippen LogP contribution in [0.1, 0.15) is 28.5 Å². The van der Waals surface area contributed by atoms with Gasteiger partial charge in [0, 0.05) is 18.7 Å². The fraction of sp³-hybridized carbons (Fsp3) is 0.385. The number of hydrogen-bond acceptors (Lipinski definition) is 4. The molecular formula is C13H14N2O3. The number of esters is 1. The Labute approximate surface area is 104 Å². The van der Waals surface area contributed by atoms with E-state index in [9.17, 15) is 4.79 Å². The monoisotopic (exact) mass is 246 g/mol. The average molecular weight is 246 g/mol. The first-order chi connectivity index (χ1) is 8.79. The third-order valence-electron chi connectivity index (χ3n) is 3.25. The standard InChI is InChI=1S/C13H14N2O3/c1-17-13(16)11-3-2-4-12-14-10(7-15(11)12)9-5-6-18-8-9/h2-4,7,9H,5-6,8H2,1H3. The van der Waals surface area contributed by atoms with Crippen molar-refractivity contribution < 1.29 is 14.3 Å². The number of imidazole rings is 1. The fourth-order valence-electron chi connectivity index (χ4n) is 2.26. The molecule has 1 atom stereocenters. The van der Waals surface area contributed by atoms with E-state index in [4.69, 9.17) is 9.47 Å². The molecule has 3 rings (SSSR count). The lowest BCUT2D eigenvalue weighted by Crippen LogP contribution is -2.07. The van der Waals surface area contributed by atoms with Gasteiger partial charge in [-0.1, -0.05) is 6.07 Å². The Hall–Kier alpha value is -1.88. The minimum atomic E-state index is -0.354. The van der Waals surface area contributed by atoms with E-state index in [-0.39, 0.29) is 5.97 Å². The van der Waals surface area contributed by atoms with Crippen LogP contribution in [0.3, 0.4) is 0 Å². The van der Waals surface area contributed by atoms with Crippen molar-refractivity contribution >= 4 is 11.6 Å². The number of carbonyl (C=O) groups excluding carboxylic acids is 1. The minimum absolute atomic E-state index is 0.329. The molecule has 0 spiro atoms. The van der Waals surface area contributed by atoms with Crippen LogP contribution >= 0.6 is 0 Å². The summed E-state index contributed by atoms with van der Waals surface area (Å²) in [4.78, 5) is 16.2. The van der Waals surface area contributed by atoms with Gasteiger partial charge in [0.05, 0.1) is 19.4 Å². The van der Waals surface area contributed by atoms with Gasteiger partial charge in [-0.2, -0.15) is 0 Å². The summed E-state index contributed by atoms with van der Waals surface area (Å²) < 4.78 is 11.9. The van der Waals surface area contributed by atoms with Crippen molar-refractivity contribution in [3.05, 3.63) is 35.8 Å². The van der Waals surface area contributed by atoms with Crippen LogP contribution in [0.4, 0.5) is 0 Å². The molecular weight excluding hydrogens is 232 g/mol. The number of aromatic nitrogens is 2. The second kappa shape index (κ2) is 4.42. The van der Waals surface area contributed by atoms with Gasteiger partial charge in [-0.15, -0.1) is 0 Å². The third kappa shape index (κ3) is 1.76. The number of ether oxygens (including phenoxy) is 2. The topological polar surface area (TPSA) is 52.8 Å². The van der Waals surface area contributed by atoms with Crippen LogP contribution in [0.5, 0.6) is 0 Å². The molecule has 2 aromatic rings. The normalized spacial score (nSPS) is 19.3. The Morgan fingerprint density at radius 3 is 3.17 bits per heavy atom.